The summed E-state index contributed by atoms with van der Waals surface area (Å²) in [5.74, 6) is 0.259. The maximum atomic E-state index is 12.5. The predicted octanol–water partition coefficient (Wildman–Crippen LogP) is 3.61. The zero-order valence-electron chi connectivity index (χ0n) is 15.1. The van der Waals surface area contributed by atoms with Gasteiger partial charge in [-0.05, 0) is 23.8 Å². The molecule has 0 saturated heterocycles. The lowest BCUT2D eigenvalue weighted by Crippen LogP contribution is -2.30. The number of carbonyl (C=O) groups is 2. The summed E-state index contributed by atoms with van der Waals surface area (Å²) in [4.78, 5) is 26.3. The number of fused-ring (bicyclic) bond motifs is 1. The van der Waals surface area contributed by atoms with Gasteiger partial charge in [-0.3, -0.25) is 9.89 Å². The van der Waals surface area contributed by atoms with Crippen molar-refractivity contribution in [3.63, 3.8) is 0 Å². The van der Waals surface area contributed by atoms with Crippen LogP contribution >= 0.6 is 0 Å². The van der Waals surface area contributed by atoms with E-state index in [0.29, 0.717) is 18.9 Å². The molecule has 2 heterocycles. The minimum Gasteiger partial charge on any atom is -0.314 e. The van der Waals surface area contributed by atoms with Crippen LogP contribution in [0.5, 0.6) is 0 Å². The maximum Gasteiger partial charge on any atom is 0.322 e. The molecule has 1 aromatic heterocycles. The zero-order chi connectivity index (χ0) is 19.3. The van der Waals surface area contributed by atoms with Gasteiger partial charge in [-0.25, -0.2) is 4.79 Å². The third-order valence-corrected chi connectivity index (χ3v) is 4.43. The number of nitrogens with zero attached hydrogens (tertiary/aromatic N) is 2. The van der Waals surface area contributed by atoms with E-state index in [4.69, 9.17) is 0 Å². The zero-order valence-corrected chi connectivity index (χ0v) is 15.1. The highest BCUT2D eigenvalue weighted by Gasteiger charge is 2.28. The maximum absolute atomic E-state index is 12.5. The molecular formula is C21H19N5O2. The number of hydrogen-bond donors (Lipinski definition) is 3. The molecule has 0 spiro atoms. The van der Waals surface area contributed by atoms with Gasteiger partial charge >= 0.3 is 6.03 Å². The van der Waals surface area contributed by atoms with Crippen molar-refractivity contribution in [3.8, 4) is 0 Å². The Hall–Kier alpha value is -3.87. The van der Waals surface area contributed by atoms with Crippen LogP contribution in [-0.4, -0.2) is 27.0 Å². The lowest BCUT2D eigenvalue weighted by Gasteiger charge is -2.16. The van der Waals surface area contributed by atoms with E-state index >= 15 is 0 Å². The number of carbonyl (C=O) groups excluding carboxylic acids is 2. The summed E-state index contributed by atoms with van der Waals surface area (Å²) >= 11 is 0. The highest BCUT2D eigenvalue weighted by molar-refractivity contribution is 6.02. The van der Waals surface area contributed by atoms with E-state index < -0.39 is 0 Å². The van der Waals surface area contributed by atoms with E-state index in [-0.39, 0.29) is 11.9 Å². The van der Waals surface area contributed by atoms with Crippen LogP contribution in [0.2, 0.25) is 0 Å². The normalized spacial score (nSPS) is 12.8. The number of aromatic nitrogens is 2. The summed E-state index contributed by atoms with van der Waals surface area (Å²) in [6.45, 7) is 0.767. The molecule has 4 rings (SSSR count). The Labute approximate surface area is 162 Å². The molecule has 1 aliphatic heterocycles. The first kappa shape index (κ1) is 17.5. The molecule has 0 unspecified atom stereocenters. The van der Waals surface area contributed by atoms with Crippen LogP contribution < -0.4 is 10.6 Å². The second-order valence-corrected chi connectivity index (χ2v) is 6.41. The van der Waals surface area contributed by atoms with E-state index in [1.54, 1.807) is 11.0 Å². The Morgan fingerprint density at radius 3 is 2.43 bits per heavy atom. The highest BCUT2D eigenvalue weighted by Crippen LogP contribution is 2.27. The van der Waals surface area contributed by atoms with Crippen molar-refractivity contribution in [2.45, 2.75) is 13.1 Å². The molecule has 3 amide bonds. The molecule has 0 radical (unpaired) electrons. The number of hydrogen-bond acceptors (Lipinski definition) is 3. The molecule has 1 aliphatic rings. The Bertz CT molecular complexity index is 1010. The summed E-state index contributed by atoms with van der Waals surface area (Å²) in [6.07, 6.45) is 3.21. The van der Waals surface area contributed by atoms with Crippen molar-refractivity contribution in [1.29, 1.82) is 0 Å². The molecule has 0 atom stereocenters. The van der Waals surface area contributed by atoms with Gasteiger partial charge in [0, 0.05) is 17.3 Å². The van der Waals surface area contributed by atoms with Crippen LogP contribution in [0.4, 0.5) is 16.3 Å². The molecule has 0 saturated carbocycles. The Kier molecular flexibility index (Phi) is 4.88. The molecule has 3 aromatic rings. The van der Waals surface area contributed by atoms with Crippen molar-refractivity contribution in [2.75, 3.05) is 10.6 Å². The van der Waals surface area contributed by atoms with Gasteiger partial charge in [-0.2, -0.15) is 5.10 Å². The quantitative estimate of drug-likeness (QED) is 0.610. The molecule has 3 N–H and O–H groups in total. The van der Waals surface area contributed by atoms with E-state index in [2.05, 4.69) is 20.8 Å². The number of benzene rings is 2. The fraction of sp³-hybridized carbons (Fsp3) is 0.0952. The monoisotopic (exact) mass is 373 g/mol. The number of urea groups is 1. The first-order valence-corrected chi connectivity index (χ1v) is 8.90. The van der Waals surface area contributed by atoms with Gasteiger partial charge in [0.25, 0.3) is 0 Å². The second kappa shape index (κ2) is 7.79. The standard InChI is InChI=1S/C21H19N5O2/c27-19(12-11-15-7-3-1-4-8-15)23-20-17-13-26(14-18(17)24-25-20)21(28)22-16-9-5-2-6-10-16/h1-12H,13-14H2,(H,22,28)(H2,23,24,25,27)/b12-11-. The third-order valence-electron chi connectivity index (χ3n) is 4.43. The van der Waals surface area contributed by atoms with Gasteiger partial charge < -0.3 is 15.5 Å². The summed E-state index contributed by atoms with van der Waals surface area (Å²) in [7, 11) is 0. The van der Waals surface area contributed by atoms with Crippen molar-refractivity contribution >= 4 is 29.5 Å². The number of H-pyrrole nitrogens is 1. The van der Waals surface area contributed by atoms with E-state index in [9.17, 15) is 9.59 Å². The van der Waals surface area contributed by atoms with Gasteiger partial charge in [-0.1, -0.05) is 48.5 Å². The molecule has 0 bridgehead atoms. The van der Waals surface area contributed by atoms with Crippen molar-refractivity contribution < 1.29 is 9.59 Å². The fourth-order valence-corrected chi connectivity index (χ4v) is 3.00. The molecule has 7 heteroatoms. The van der Waals surface area contributed by atoms with Crippen molar-refractivity contribution in [1.82, 2.24) is 15.1 Å². The van der Waals surface area contributed by atoms with Crippen LogP contribution in [0.25, 0.3) is 6.08 Å². The minimum absolute atomic E-state index is 0.203. The number of amides is 3. The van der Waals surface area contributed by atoms with Crippen LogP contribution in [0.1, 0.15) is 16.8 Å². The molecule has 2 aromatic carbocycles. The first-order chi connectivity index (χ1) is 13.7. The average Bonchev–Trinajstić information content (AvgIpc) is 3.30. The van der Waals surface area contributed by atoms with Crippen molar-refractivity contribution in [3.05, 3.63) is 83.6 Å². The molecule has 140 valence electrons. The van der Waals surface area contributed by atoms with Crippen LogP contribution in [-0.2, 0) is 17.9 Å². The largest absolute Gasteiger partial charge is 0.322 e. The Balaban J connectivity index is 1.38. The Morgan fingerprint density at radius 2 is 1.68 bits per heavy atom. The van der Waals surface area contributed by atoms with Gasteiger partial charge in [0.05, 0.1) is 18.8 Å². The van der Waals surface area contributed by atoms with E-state index in [0.717, 1.165) is 22.5 Å². The average molecular weight is 373 g/mol. The molecule has 28 heavy (non-hydrogen) atoms. The summed E-state index contributed by atoms with van der Waals surface area (Å²) in [5.41, 5.74) is 3.25. The van der Waals surface area contributed by atoms with Crippen molar-refractivity contribution in [2.24, 2.45) is 0 Å². The number of nitrogens with one attached hydrogen (secondary N) is 3. The van der Waals surface area contributed by atoms with Crippen LogP contribution in [0.3, 0.4) is 0 Å². The third kappa shape index (κ3) is 3.93. The number of para-hydroxylation sites is 1. The highest BCUT2D eigenvalue weighted by atomic mass is 16.2. The molecule has 7 nitrogen and oxygen atoms in total. The Morgan fingerprint density at radius 1 is 0.964 bits per heavy atom. The van der Waals surface area contributed by atoms with E-state index in [1.165, 1.54) is 6.08 Å². The number of aromatic amines is 1. The lowest BCUT2D eigenvalue weighted by molar-refractivity contribution is -0.111. The van der Waals surface area contributed by atoms with Gasteiger partial charge in [-0.15, -0.1) is 0 Å². The second-order valence-electron chi connectivity index (χ2n) is 6.41. The lowest BCUT2D eigenvalue weighted by atomic mass is 10.2. The first-order valence-electron chi connectivity index (χ1n) is 8.90. The van der Waals surface area contributed by atoms with Gasteiger partial charge in [0.2, 0.25) is 5.91 Å². The van der Waals surface area contributed by atoms with Gasteiger partial charge in [0.1, 0.15) is 5.82 Å². The van der Waals surface area contributed by atoms with Gasteiger partial charge in [0.15, 0.2) is 0 Å². The summed E-state index contributed by atoms with van der Waals surface area (Å²) in [5, 5.41) is 12.7. The molecule has 0 aliphatic carbocycles. The molecule has 0 fully saturated rings. The van der Waals surface area contributed by atoms with Crippen LogP contribution in [0, 0.1) is 0 Å². The molecular weight excluding hydrogens is 354 g/mol. The summed E-state index contributed by atoms with van der Waals surface area (Å²) < 4.78 is 0. The summed E-state index contributed by atoms with van der Waals surface area (Å²) in [6, 6.07) is 18.7. The van der Waals surface area contributed by atoms with Crippen LogP contribution in [0.15, 0.2) is 66.7 Å². The number of rotatable bonds is 4. The number of anilines is 2. The fourth-order valence-electron chi connectivity index (χ4n) is 3.00. The predicted molar refractivity (Wildman–Crippen MR) is 107 cm³/mol. The smallest absolute Gasteiger partial charge is 0.314 e. The topological polar surface area (TPSA) is 90.1 Å². The minimum atomic E-state index is -0.262. The SMILES string of the molecule is O=C(/C=C\c1ccccc1)Nc1[nH]nc2c1CN(C(=O)Nc1ccccc1)C2. The van der Waals surface area contributed by atoms with E-state index in [1.807, 2.05) is 60.7 Å².